The minimum Gasteiger partial charge on any atom is -0.659 e. The Hall–Kier alpha value is 1.73. The van der Waals surface area contributed by atoms with Crippen LogP contribution >= 0.6 is 0 Å². The van der Waals surface area contributed by atoms with E-state index in [1.165, 1.54) is 45.2 Å². The molecule has 2 nitrogen and oxygen atoms in total. The van der Waals surface area contributed by atoms with Crippen LogP contribution in [0.3, 0.4) is 0 Å². The molecule has 0 aromatic rings. The first-order valence-electron chi connectivity index (χ1n) is 6.95. The predicted molar refractivity (Wildman–Crippen MR) is 69.9 cm³/mol. The molecule has 2 fully saturated rings. The van der Waals surface area contributed by atoms with E-state index in [-0.39, 0.29) is 58.2 Å². The van der Waals surface area contributed by atoms with Crippen molar-refractivity contribution >= 4 is 0 Å². The number of hydrogen-bond donors (Lipinski definition) is 0. The minimum absolute atomic E-state index is 0. The van der Waals surface area contributed by atoms with E-state index in [4.69, 9.17) is 5.32 Å². The van der Waals surface area contributed by atoms with Crippen LogP contribution in [0.1, 0.15) is 46.0 Å². The summed E-state index contributed by atoms with van der Waals surface area (Å²) in [5.74, 6) is 0.807. The van der Waals surface area contributed by atoms with Gasteiger partial charge in [-0.3, -0.25) is 0 Å². The molecule has 3 heteroatoms. The zero-order valence-electron chi connectivity index (χ0n) is 12.2. The van der Waals surface area contributed by atoms with Crippen LogP contribution in [-0.2, 0) is 0 Å². The maximum absolute atomic E-state index is 4.82. The average Bonchev–Trinajstić information content (AvgIpc) is 2.18. The van der Waals surface area contributed by atoms with Crippen molar-refractivity contribution in [2.45, 2.75) is 52.0 Å². The first kappa shape index (κ1) is 16.8. The van der Waals surface area contributed by atoms with Gasteiger partial charge in [-0.05, 0) is 44.3 Å². The third kappa shape index (κ3) is 4.96. The molecule has 0 radical (unpaired) electrons. The third-order valence-corrected chi connectivity index (χ3v) is 4.48. The fourth-order valence-corrected chi connectivity index (χ4v) is 3.09. The molecule has 0 bridgehead atoms. The summed E-state index contributed by atoms with van der Waals surface area (Å²) in [5, 5.41) is 4.82. The monoisotopic (exact) mass is 308 g/mol. The van der Waals surface area contributed by atoms with Crippen LogP contribution in [0.5, 0.6) is 0 Å². The van der Waals surface area contributed by atoms with Crippen molar-refractivity contribution < 1.29 is 58.2 Å². The second-order valence-corrected chi connectivity index (χ2v) is 6.45. The van der Waals surface area contributed by atoms with Crippen molar-refractivity contribution in [1.29, 1.82) is 0 Å². The molecule has 2 aliphatic rings. The van der Waals surface area contributed by atoms with E-state index in [0.29, 0.717) is 11.5 Å². The predicted octanol–water partition coefficient (Wildman–Crippen LogP) is 0.285. The Kier molecular flexibility index (Phi) is 7.39. The molecule has 0 aromatic heterocycles. The van der Waals surface area contributed by atoms with Crippen molar-refractivity contribution in [2.75, 3.05) is 26.7 Å². The van der Waals surface area contributed by atoms with E-state index in [9.17, 15) is 0 Å². The van der Waals surface area contributed by atoms with E-state index < -0.39 is 0 Å². The molecule has 1 heterocycles. The molecule has 0 unspecified atom stereocenters. The molecular weight excluding hydrogens is 282 g/mol. The summed E-state index contributed by atoms with van der Waals surface area (Å²) in [6.07, 6.45) is 6.88. The number of piperidine rings is 1. The molecule has 1 spiro atoms. The van der Waals surface area contributed by atoms with Gasteiger partial charge in [0.25, 0.3) is 0 Å². The topological polar surface area (TPSA) is 17.3 Å². The first-order valence-corrected chi connectivity index (χ1v) is 6.95. The quantitative estimate of drug-likeness (QED) is 0.729. The number of likely N-dealkylation sites (tertiary alicyclic amines) is 1. The Morgan fingerprint density at radius 2 is 1.82 bits per heavy atom. The van der Waals surface area contributed by atoms with Crippen molar-refractivity contribution in [3.05, 3.63) is 5.32 Å². The molecule has 0 atom stereocenters. The van der Waals surface area contributed by atoms with Crippen molar-refractivity contribution in [1.82, 2.24) is 4.90 Å². The van der Waals surface area contributed by atoms with Gasteiger partial charge < -0.3 is 10.2 Å². The molecular formula is C14H27N2Rb. The fraction of sp³-hybridized carbons (Fsp3) is 1.00. The Morgan fingerprint density at radius 1 is 1.24 bits per heavy atom. The van der Waals surface area contributed by atoms with Gasteiger partial charge in [-0.25, -0.2) is 0 Å². The van der Waals surface area contributed by atoms with Gasteiger partial charge in [-0.15, -0.1) is 12.6 Å². The number of rotatable bonds is 4. The number of hydrogen-bond acceptors (Lipinski definition) is 1. The van der Waals surface area contributed by atoms with Crippen LogP contribution in [0, 0.1) is 11.3 Å². The second kappa shape index (κ2) is 7.49. The zero-order valence-corrected chi connectivity index (χ0v) is 17.1. The Bertz CT molecular complexity index is 214. The smallest absolute Gasteiger partial charge is 0.659 e. The van der Waals surface area contributed by atoms with E-state index >= 15 is 0 Å². The average molecular weight is 309 g/mol. The van der Waals surface area contributed by atoms with Crippen molar-refractivity contribution in [2.24, 2.45) is 11.3 Å². The summed E-state index contributed by atoms with van der Waals surface area (Å²) >= 11 is 0. The Labute approximate surface area is 156 Å². The van der Waals surface area contributed by atoms with E-state index in [0.717, 1.165) is 12.5 Å². The molecule has 0 N–H and O–H groups in total. The van der Waals surface area contributed by atoms with E-state index in [1.807, 2.05) is 0 Å². The van der Waals surface area contributed by atoms with Gasteiger partial charge >= 0.3 is 58.2 Å². The van der Waals surface area contributed by atoms with E-state index in [1.54, 1.807) is 0 Å². The second-order valence-electron chi connectivity index (χ2n) is 6.45. The molecule has 1 saturated heterocycles. The summed E-state index contributed by atoms with van der Waals surface area (Å²) in [7, 11) is 2.25. The molecule has 0 amide bonds. The van der Waals surface area contributed by atoms with Gasteiger partial charge in [0.2, 0.25) is 0 Å². The third-order valence-electron chi connectivity index (χ3n) is 4.48. The van der Waals surface area contributed by atoms with Crippen molar-refractivity contribution in [3.8, 4) is 0 Å². The van der Waals surface area contributed by atoms with Gasteiger partial charge in [-0.1, -0.05) is 33.1 Å². The zero-order chi connectivity index (χ0) is 11.6. The molecule has 2 rings (SSSR count). The van der Waals surface area contributed by atoms with Gasteiger partial charge in [0, 0.05) is 0 Å². The van der Waals surface area contributed by atoms with Crippen molar-refractivity contribution in [3.63, 3.8) is 0 Å². The van der Waals surface area contributed by atoms with Crippen LogP contribution in [0.2, 0.25) is 0 Å². The summed E-state index contributed by atoms with van der Waals surface area (Å²) < 4.78 is 0. The van der Waals surface area contributed by atoms with Gasteiger partial charge in [0.15, 0.2) is 0 Å². The molecule has 1 saturated carbocycles. The standard InChI is InChI=1S/C14H27N2.Rb/c1-12(2)4-7-15-13-10-14(11-13)5-8-16(3)9-6-14;/h12-13H,4-11H2,1-3H3;/q-1;+1. The van der Waals surface area contributed by atoms with Crippen LogP contribution in [0.15, 0.2) is 0 Å². The largest absolute Gasteiger partial charge is 1.00 e. The van der Waals surface area contributed by atoms with Crippen LogP contribution in [-0.4, -0.2) is 37.6 Å². The van der Waals surface area contributed by atoms with Gasteiger partial charge in [-0.2, -0.15) is 0 Å². The van der Waals surface area contributed by atoms with Crippen LogP contribution in [0.4, 0.5) is 0 Å². The van der Waals surface area contributed by atoms with Crippen LogP contribution < -0.4 is 58.2 Å². The molecule has 1 aliphatic heterocycles. The maximum Gasteiger partial charge on any atom is 1.00 e. The summed E-state index contributed by atoms with van der Waals surface area (Å²) in [6.45, 7) is 8.28. The Balaban J connectivity index is 0.00000144. The summed E-state index contributed by atoms with van der Waals surface area (Å²) in [6, 6.07) is 0.710. The normalized spacial score (nSPS) is 24.7. The molecule has 94 valence electrons. The van der Waals surface area contributed by atoms with Crippen LogP contribution in [0.25, 0.3) is 5.32 Å². The Morgan fingerprint density at radius 3 is 2.35 bits per heavy atom. The SMILES string of the molecule is CC(C)CC[N-]C1CC2(CCN(C)CC2)C1.[Rb+]. The van der Waals surface area contributed by atoms with Gasteiger partial charge in [0.1, 0.15) is 0 Å². The molecule has 0 aromatic carbocycles. The first-order chi connectivity index (χ1) is 7.60. The summed E-state index contributed by atoms with van der Waals surface area (Å²) in [5.41, 5.74) is 0.707. The maximum atomic E-state index is 4.82. The minimum atomic E-state index is 0. The molecule has 17 heavy (non-hydrogen) atoms. The van der Waals surface area contributed by atoms with Gasteiger partial charge in [0.05, 0.1) is 0 Å². The molecule has 1 aliphatic carbocycles. The van der Waals surface area contributed by atoms with E-state index in [2.05, 4.69) is 25.8 Å². The number of nitrogens with zero attached hydrogens (tertiary/aromatic N) is 2. The fourth-order valence-electron chi connectivity index (χ4n) is 3.09. The summed E-state index contributed by atoms with van der Waals surface area (Å²) in [4.78, 5) is 2.47.